The van der Waals surface area contributed by atoms with Crippen LogP contribution in [-0.4, -0.2) is 16.2 Å². The summed E-state index contributed by atoms with van der Waals surface area (Å²) in [5.41, 5.74) is 4.73. The molecule has 33 heavy (non-hydrogen) atoms. The molecule has 0 aliphatic heterocycles. The number of fused-ring (bicyclic) bond motifs is 1. The molecular weight excluding hydrogens is 408 g/mol. The third kappa shape index (κ3) is 5.75. The van der Waals surface area contributed by atoms with Crippen molar-refractivity contribution in [2.75, 3.05) is 6.61 Å². The minimum absolute atomic E-state index is 0.128. The van der Waals surface area contributed by atoms with E-state index in [1.54, 1.807) is 0 Å². The van der Waals surface area contributed by atoms with Gasteiger partial charge in [0, 0.05) is 6.54 Å². The summed E-state index contributed by atoms with van der Waals surface area (Å²) < 4.78 is 14.2. The lowest BCUT2D eigenvalue weighted by Gasteiger charge is -2.19. The van der Waals surface area contributed by atoms with E-state index in [-0.39, 0.29) is 5.41 Å². The molecule has 4 nitrogen and oxygen atoms in total. The van der Waals surface area contributed by atoms with E-state index in [9.17, 15) is 0 Å². The first-order valence-corrected chi connectivity index (χ1v) is 11.8. The second kappa shape index (κ2) is 10.1. The fraction of sp³-hybridized carbons (Fsp3) is 0.345. The van der Waals surface area contributed by atoms with E-state index in [0.717, 1.165) is 54.4 Å². The Bertz CT molecular complexity index is 1170. The van der Waals surface area contributed by atoms with Crippen LogP contribution in [0.5, 0.6) is 11.5 Å². The van der Waals surface area contributed by atoms with Crippen LogP contribution in [0.1, 0.15) is 57.5 Å². The highest BCUT2D eigenvalue weighted by atomic mass is 16.5. The molecule has 0 spiro atoms. The van der Waals surface area contributed by atoms with Gasteiger partial charge in [0.1, 0.15) is 23.9 Å². The molecule has 4 aromatic rings. The molecule has 1 aromatic heterocycles. The van der Waals surface area contributed by atoms with Gasteiger partial charge in [-0.05, 0) is 59.4 Å². The van der Waals surface area contributed by atoms with E-state index in [1.165, 1.54) is 11.1 Å². The molecule has 0 amide bonds. The van der Waals surface area contributed by atoms with Crippen molar-refractivity contribution in [1.82, 2.24) is 9.55 Å². The molecule has 0 radical (unpaired) electrons. The van der Waals surface area contributed by atoms with Gasteiger partial charge < -0.3 is 14.0 Å². The minimum atomic E-state index is 0.128. The first-order valence-electron chi connectivity index (χ1n) is 11.8. The zero-order chi connectivity index (χ0) is 23.3. The third-order valence-electron chi connectivity index (χ3n) is 5.85. The van der Waals surface area contributed by atoms with E-state index in [2.05, 4.69) is 86.9 Å². The van der Waals surface area contributed by atoms with Crippen LogP contribution >= 0.6 is 0 Å². The molecule has 0 N–H and O–H groups in total. The van der Waals surface area contributed by atoms with Gasteiger partial charge in [-0.25, -0.2) is 4.98 Å². The number of benzene rings is 3. The summed E-state index contributed by atoms with van der Waals surface area (Å²) in [5.74, 6) is 2.69. The lowest BCUT2D eigenvalue weighted by Crippen LogP contribution is -2.11. The number of ether oxygens (including phenoxy) is 2. The first kappa shape index (κ1) is 22.9. The van der Waals surface area contributed by atoms with Gasteiger partial charge in [-0.1, -0.05) is 70.5 Å². The summed E-state index contributed by atoms with van der Waals surface area (Å²) in [6, 6.07) is 25.0. The van der Waals surface area contributed by atoms with Crippen molar-refractivity contribution >= 4 is 11.0 Å². The van der Waals surface area contributed by atoms with E-state index in [1.807, 2.05) is 18.2 Å². The van der Waals surface area contributed by atoms with Crippen molar-refractivity contribution in [2.45, 2.75) is 59.1 Å². The van der Waals surface area contributed by atoms with Gasteiger partial charge in [0.2, 0.25) is 0 Å². The number of hydrogen-bond acceptors (Lipinski definition) is 3. The first-order chi connectivity index (χ1) is 15.9. The van der Waals surface area contributed by atoms with Gasteiger partial charge in [-0.3, -0.25) is 0 Å². The predicted molar refractivity (Wildman–Crippen MR) is 135 cm³/mol. The van der Waals surface area contributed by atoms with Crippen LogP contribution in [0.2, 0.25) is 0 Å². The van der Waals surface area contributed by atoms with Crippen LogP contribution in [0.4, 0.5) is 0 Å². The maximum Gasteiger partial charge on any atom is 0.148 e. The van der Waals surface area contributed by atoms with Gasteiger partial charge in [0.25, 0.3) is 0 Å². The molecule has 3 aromatic carbocycles. The van der Waals surface area contributed by atoms with Crippen LogP contribution in [0, 0.1) is 0 Å². The highest BCUT2D eigenvalue weighted by Gasteiger charge is 2.14. The number of nitrogens with zero attached hydrogens (tertiary/aromatic N) is 2. The van der Waals surface area contributed by atoms with Crippen molar-refractivity contribution in [3.63, 3.8) is 0 Å². The monoisotopic (exact) mass is 442 g/mol. The number of imidazole rings is 1. The highest BCUT2D eigenvalue weighted by Crippen LogP contribution is 2.25. The molecule has 0 atom stereocenters. The Morgan fingerprint density at radius 1 is 0.818 bits per heavy atom. The lowest BCUT2D eigenvalue weighted by atomic mass is 9.87. The molecule has 0 saturated carbocycles. The van der Waals surface area contributed by atoms with Gasteiger partial charge in [0.15, 0.2) is 0 Å². The van der Waals surface area contributed by atoms with Crippen LogP contribution in [-0.2, 0) is 18.6 Å². The number of para-hydroxylation sites is 2. The number of unbranched alkanes of at least 4 members (excludes halogenated alkanes) is 1. The zero-order valence-electron chi connectivity index (χ0n) is 20.2. The number of hydrogen-bond donors (Lipinski definition) is 0. The molecule has 172 valence electrons. The maximum atomic E-state index is 6.14. The average Bonchev–Trinajstić information content (AvgIpc) is 3.16. The van der Waals surface area contributed by atoms with E-state index in [4.69, 9.17) is 14.5 Å². The Balaban J connectivity index is 1.51. The standard InChI is InChI=1S/C29H34N2O2/c1-5-6-19-32-24-15-11-22(12-16-24)20-31-27-10-8-7-9-26(27)30-28(31)21-33-25-17-13-23(14-18-25)29(2,3)4/h7-18H,5-6,19-21H2,1-4H3. The van der Waals surface area contributed by atoms with Crippen LogP contribution in [0.25, 0.3) is 11.0 Å². The predicted octanol–water partition coefficient (Wildman–Crippen LogP) is 7.14. The number of rotatable bonds is 9. The Labute approximate surface area is 197 Å². The van der Waals surface area contributed by atoms with Gasteiger partial charge >= 0.3 is 0 Å². The summed E-state index contributed by atoms with van der Waals surface area (Å²) in [6.07, 6.45) is 2.21. The van der Waals surface area contributed by atoms with E-state index >= 15 is 0 Å². The van der Waals surface area contributed by atoms with Gasteiger partial charge in [0.05, 0.1) is 17.6 Å². The Morgan fingerprint density at radius 2 is 1.48 bits per heavy atom. The Hall–Kier alpha value is -3.27. The van der Waals surface area contributed by atoms with E-state index < -0.39 is 0 Å². The molecule has 0 fully saturated rings. The fourth-order valence-electron chi connectivity index (χ4n) is 3.82. The molecule has 0 bridgehead atoms. The summed E-state index contributed by atoms with van der Waals surface area (Å²) >= 11 is 0. The molecule has 0 unspecified atom stereocenters. The molecule has 0 aliphatic carbocycles. The lowest BCUT2D eigenvalue weighted by molar-refractivity contribution is 0.291. The van der Waals surface area contributed by atoms with Crippen LogP contribution in [0.3, 0.4) is 0 Å². The van der Waals surface area contributed by atoms with Crippen molar-refractivity contribution in [1.29, 1.82) is 0 Å². The molecule has 4 heteroatoms. The summed E-state index contributed by atoms with van der Waals surface area (Å²) in [6.45, 7) is 10.7. The molecule has 0 saturated heterocycles. The van der Waals surface area contributed by atoms with Crippen molar-refractivity contribution < 1.29 is 9.47 Å². The van der Waals surface area contributed by atoms with Gasteiger partial charge in [-0.15, -0.1) is 0 Å². The molecule has 1 heterocycles. The van der Waals surface area contributed by atoms with Crippen molar-refractivity contribution in [3.05, 3.63) is 89.7 Å². The summed E-state index contributed by atoms with van der Waals surface area (Å²) in [4.78, 5) is 4.86. The van der Waals surface area contributed by atoms with Crippen LogP contribution in [0.15, 0.2) is 72.8 Å². The van der Waals surface area contributed by atoms with Gasteiger partial charge in [-0.2, -0.15) is 0 Å². The van der Waals surface area contributed by atoms with E-state index in [0.29, 0.717) is 6.61 Å². The smallest absolute Gasteiger partial charge is 0.148 e. The van der Waals surface area contributed by atoms with Crippen LogP contribution < -0.4 is 9.47 Å². The quantitative estimate of drug-likeness (QED) is 0.258. The average molecular weight is 443 g/mol. The molecular formula is C29H34N2O2. The Kier molecular flexibility index (Phi) is 7.02. The third-order valence-corrected chi connectivity index (χ3v) is 5.85. The highest BCUT2D eigenvalue weighted by molar-refractivity contribution is 5.76. The largest absolute Gasteiger partial charge is 0.494 e. The Morgan fingerprint density at radius 3 is 2.18 bits per heavy atom. The molecule has 4 rings (SSSR count). The zero-order valence-corrected chi connectivity index (χ0v) is 20.2. The topological polar surface area (TPSA) is 36.3 Å². The number of aromatic nitrogens is 2. The second-order valence-electron chi connectivity index (χ2n) is 9.51. The maximum absolute atomic E-state index is 6.14. The summed E-state index contributed by atoms with van der Waals surface area (Å²) in [5, 5.41) is 0. The van der Waals surface area contributed by atoms with Crippen molar-refractivity contribution in [3.8, 4) is 11.5 Å². The summed E-state index contributed by atoms with van der Waals surface area (Å²) in [7, 11) is 0. The van der Waals surface area contributed by atoms with Crippen molar-refractivity contribution in [2.24, 2.45) is 0 Å². The SMILES string of the molecule is CCCCOc1ccc(Cn2c(COc3ccc(C(C)(C)C)cc3)nc3ccccc32)cc1. The minimum Gasteiger partial charge on any atom is -0.494 e. The second-order valence-corrected chi connectivity index (χ2v) is 9.51. The normalized spacial score (nSPS) is 11.6. The fourth-order valence-corrected chi connectivity index (χ4v) is 3.82. The molecule has 0 aliphatic rings.